The van der Waals surface area contributed by atoms with E-state index < -0.39 is 74.2 Å². The number of carbonyl (C=O) groups is 1. The van der Waals surface area contributed by atoms with Gasteiger partial charge in [0.1, 0.15) is 36.6 Å². The van der Waals surface area contributed by atoms with Crippen LogP contribution in [0.25, 0.3) is 0 Å². The number of nitrogens with one attached hydrogen (secondary N) is 1. The van der Waals surface area contributed by atoms with Crippen LogP contribution < -0.4 is 5.32 Å². The number of carbonyl (C=O) groups excluding carboxylic acids is 1. The highest BCUT2D eigenvalue weighted by atomic mass is 16.7. The van der Waals surface area contributed by atoms with Crippen molar-refractivity contribution in [2.75, 3.05) is 13.2 Å². The van der Waals surface area contributed by atoms with E-state index in [1.54, 1.807) is 0 Å². The lowest BCUT2D eigenvalue weighted by Crippen LogP contribution is -2.60. The van der Waals surface area contributed by atoms with Gasteiger partial charge in [-0.1, -0.05) is 262 Å². The lowest BCUT2D eigenvalue weighted by molar-refractivity contribution is -0.303. The molecule has 0 spiro atoms. The Bertz CT molecular complexity index is 1410. The maximum absolute atomic E-state index is 13.2. The molecular weight excluding hydrogens is 979 g/mol. The van der Waals surface area contributed by atoms with Crippen molar-refractivity contribution in [2.45, 2.75) is 358 Å². The fourth-order valence-electron chi connectivity index (χ4n) is 10.5. The summed E-state index contributed by atoms with van der Waals surface area (Å²) in [5.41, 5.74) is 0. The Morgan fingerprint density at radius 2 is 0.769 bits per heavy atom. The molecule has 1 heterocycles. The predicted molar refractivity (Wildman–Crippen MR) is 325 cm³/mol. The number of allylic oxidation sites excluding steroid dienone is 8. The van der Waals surface area contributed by atoms with Gasteiger partial charge in [0.25, 0.3) is 0 Å². The highest BCUT2D eigenvalue weighted by molar-refractivity contribution is 5.80. The fraction of sp³-hybridized carbons (Fsp3) is 0.866. The van der Waals surface area contributed by atoms with Gasteiger partial charge in [-0.2, -0.15) is 0 Å². The molecule has 1 aliphatic rings. The van der Waals surface area contributed by atoms with Crippen molar-refractivity contribution in [1.29, 1.82) is 0 Å². The van der Waals surface area contributed by atoms with Gasteiger partial charge in [-0.3, -0.25) is 4.79 Å². The molecule has 1 aliphatic heterocycles. The zero-order valence-electron chi connectivity index (χ0n) is 50.4. The SMILES string of the molecule is CCCCCCCCCCCCCC/C=C\CCCCCCCCCCC(O)C(=O)NC(COC1OC(CO)C(O)C(O)C1O)C(O)C(O)CCC/C=C/CC/C=C/CC/C=C/CCCCCCCCCCCCCCCC. The van der Waals surface area contributed by atoms with Gasteiger partial charge in [0.15, 0.2) is 6.29 Å². The molecule has 458 valence electrons. The van der Waals surface area contributed by atoms with Gasteiger partial charge in [-0.05, 0) is 89.9 Å². The van der Waals surface area contributed by atoms with Crippen molar-refractivity contribution in [3.05, 3.63) is 48.6 Å². The average molecular weight is 1100 g/mol. The van der Waals surface area contributed by atoms with E-state index in [1.807, 2.05) is 0 Å². The second-order valence-corrected chi connectivity index (χ2v) is 23.2. The van der Waals surface area contributed by atoms with Crippen molar-refractivity contribution in [3.63, 3.8) is 0 Å². The monoisotopic (exact) mass is 1100 g/mol. The van der Waals surface area contributed by atoms with Crippen molar-refractivity contribution in [2.24, 2.45) is 0 Å². The average Bonchev–Trinajstić information content (AvgIpc) is 3.46. The van der Waals surface area contributed by atoms with E-state index in [4.69, 9.17) is 9.47 Å². The molecule has 1 fully saturated rings. The zero-order valence-corrected chi connectivity index (χ0v) is 50.4. The Hall–Kier alpha value is -1.93. The molecule has 11 nitrogen and oxygen atoms in total. The molecule has 78 heavy (non-hydrogen) atoms. The number of hydrogen-bond donors (Lipinski definition) is 8. The number of hydrogen-bond acceptors (Lipinski definition) is 10. The number of unbranched alkanes of at least 4 members (excludes halogenated alkanes) is 37. The summed E-state index contributed by atoms with van der Waals surface area (Å²) in [7, 11) is 0. The highest BCUT2D eigenvalue weighted by Gasteiger charge is 2.44. The molecule has 1 saturated heterocycles. The summed E-state index contributed by atoms with van der Waals surface area (Å²) in [6, 6.07) is -1.20. The number of rotatable bonds is 57. The van der Waals surface area contributed by atoms with Gasteiger partial charge in [-0.25, -0.2) is 0 Å². The first-order valence-electron chi connectivity index (χ1n) is 33.0. The lowest BCUT2D eigenvalue weighted by Gasteiger charge is -2.40. The van der Waals surface area contributed by atoms with Crippen LogP contribution >= 0.6 is 0 Å². The van der Waals surface area contributed by atoms with E-state index in [9.17, 15) is 40.5 Å². The van der Waals surface area contributed by atoms with Crippen LogP contribution in [0.5, 0.6) is 0 Å². The molecule has 1 amide bonds. The van der Waals surface area contributed by atoms with Crippen LogP contribution in [0.4, 0.5) is 0 Å². The maximum Gasteiger partial charge on any atom is 0.249 e. The maximum atomic E-state index is 13.2. The van der Waals surface area contributed by atoms with Crippen LogP contribution in [0.15, 0.2) is 48.6 Å². The summed E-state index contributed by atoms with van der Waals surface area (Å²) in [5, 5.41) is 76.3. The summed E-state index contributed by atoms with van der Waals surface area (Å²) in [6.07, 6.45) is 60.4. The molecule has 0 aliphatic carbocycles. The molecule has 11 heteroatoms. The largest absolute Gasteiger partial charge is 0.394 e. The lowest BCUT2D eigenvalue weighted by atomic mass is 9.98. The summed E-state index contributed by atoms with van der Waals surface area (Å²) >= 11 is 0. The van der Waals surface area contributed by atoms with Crippen LogP contribution in [-0.4, -0.2) is 110 Å². The Labute approximate surface area is 479 Å². The molecule has 9 unspecified atom stereocenters. The normalized spacial score (nSPS) is 19.7. The second-order valence-electron chi connectivity index (χ2n) is 23.2. The van der Waals surface area contributed by atoms with Crippen LogP contribution in [0.1, 0.15) is 303 Å². The summed E-state index contributed by atoms with van der Waals surface area (Å²) in [5.74, 6) is -0.712. The van der Waals surface area contributed by atoms with Crippen LogP contribution in [0.3, 0.4) is 0 Å². The van der Waals surface area contributed by atoms with Gasteiger partial charge < -0.3 is 50.5 Å². The topological polar surface area (TPSA) is 189 Å². The second kappa shape index (κ2) is 55.6. The standard InChI is InChI=1S/C67H125NO10/c1-3-5-7-9-11-13-15-17-19-21-23-25-27-29-30-31-33-34-36-38-40-42-44-46-48-50-52-54-59(70)62(72)58(57-77-67-65(75)64(74)63(73)61(56-69)78-67)68-66(76)60(71)55-53-51-49-47-45-43-41-39-37-35-32-28-26-24-22-20-18-16-14-12-10-8-6-4-2/h31-33,35,38,40,46,48,58-65,67,69-75H,3-30,34,36-37,39,41-45,47,49-57H2,1-2H3,(H,68,76)/b33-31+,35-32-,40-38+,48-46+. The molecule has 0 bridgehead atoms. The number of aliphatic hydroxyl groups is 7. The third-order valence-electron chi connectivity index (χ3n) is 15.8. The Morgan fingerprint density at radius 1 is 0.436 bits per heavy atom. The van der Waals surface area contributed by atoms with Gasteiger partial charge in [0.05, 0.1) is 25.4 Å². The smallest absolute Gasteiger partial charge is 0.249 e. The van der Waals surface area contributed by atoms with E-state index in [2.05, 4.69) is 67.8 Å². The minimum Gasteiger partial charge on any atom is -0.394 e. The third kappa shape index (κ3) is 42.8. The number of aliphatic hydroxyl groups excluding tert-OH is 7. The van der Waals surface area contributed by atoms with E-state index in [0.717, 1.165) is 51.4 Å². The zero-order chi connectivity index (χ0) is 56.8. The molecule has 9 atom stereocenters. The van der Waals surface area contributed by atoms with Crippen molar-refractivity contribution in [3.8, 4) is 0 Å². The molecule has 0 radical (unpaired) electrons. The molecular formula is C67H125NO10. The van der Waals surface area contributed by atoms with Gasteiger partial charge in [0.2, 0.25) is 5.91 Å². The first-order valence-corrected chi connectivity index (χ1v) is 33.0. The molecule has 0 saturated carbocycles. The van der Waals surface area contributed by atoms with E-state index in [-0.39, 0.29) is 12.8 Å². The Morgan fingerprint density at radius 3 is 1.14 bits per heavy atom. The van der Waals surface area contributed by atoms with Crippen molar-refractivity contribution >= 4 is 5.91 Å². The van der Waals surface area contributed by atoms with Crippen molar-refractivity contribution < 1.29 is 50.0 Å². The Kier molecular flexibility index (Phi) is 52.8. The van der Waals surface area contributed by atoms with Gasteiger partial charge in [-0.15, -0.1) is 0 Å². The van der Waals surface area contributed by atoms with Crippen LogP contribution in [0, 0.1) is 0 Å². The summed E-state index contributed by atoms with van der Waals surface area (Å²) < 4.78 is 11.2. The first-order chi connectivity index (χ1) is 38.2. The Balaban J connectivity index is 2.29. The number of amides is 1. The quantitative estimate of drug-likeness (QED) is 0.0215. The van der Waals surface area contributed by atoms with Gasteiger partial charge >= 0.3 is 0 Å². The van der Waals surface area contributed by atoms with Crippen molar-refractivity contribution in [1.82, 2.24) is 5.32 Å². The molecule has 0 aromatic rings. The van der Waals surface area contributed by atoms with E-state index in [1.165, 1.54) is 205 Å². The van der Waals surface area contributed by atoms with Crippen LogP contribution in [-0.2, 0) is 14.3 Å². The minimum atomic E-state index is -1.68. The third-order valence-corrected chi connectivity index (χ3v) is 15.8. The molecule has 0 aromatic heterocycles. The predicted octanol–water partition coefficient (Wildman–Crippen LogP) is 15.2. The van der Waals surface area contributed by atoms with E-state index in [0.29, 0.717) is 19.3 Å². The summed E-state index contributed by atoms with van der Waals surface area (Å²) in [4.78, 5) is 13.2. The fourth-order valence-corrected chi connectivity index (χ4v) is 10.5. The molecule has 8 N–H and O–H groups in total. The molecule has 1 rings (SSSR count). The van der Waals surface area contributed by atoms with E-state index >= 15 is 0 Å². The minimum absolute atomic E-state index is 0.240. The van der Waals surface area contributed by atoms with Crippen LogP contribution in [0.2, 0.25) is 0 Å². The highest BCUT2D eigenvalue weighted by Crippen LogP contribution is 2.23. The van der Waals surface area contributed by atoms with Gasteiger partial charge in [0, 0.05) is 0 Å². The summed E-state index contributed by atoms with van der Waals surface area (Å²) in [6.45, 7) is 3.47. The first kappa shape index (κ1) is 74.1. The number of ether oxygens (including phenoxy) is 2. The molecule has 0 aromatic carbocycles.